The summed E-state index contributed by atoms with van der Waals surface area (Å²) in [6.07, 6.45) is 3.49. The third kappa shape index (κ3) is 6.63. The SMILES string of the molecule is N#Cc1cc(-c2ccnc(Nc3ccc(N4CCOCC4)cc3)n2)ccc1OCC1CCCN(C(=O)CO)C1. The molecule has 3 heterocycles. The Bertz CT molecular complexity index is 1320. The van der Waals surface area contributed by atoms with Gasteiger partial charge in [0.05, 0.1) is 31.1 Å². The maximum absolute atomic E-state index is 11.8. The Balaban J connectivity index is 1.23. The van der Waals surface area contributed by atoms with Crippen LogP contribution in [0.15, 0.2) is 54.7 Å². The number of hydrogen-bond acceptors (Lipinski definition) is 9. The first-order valence-corrected chi connectivity index (χ1v) is 13.2. The van der Waals surface area contributed by atoms with Crippen LogP contribution < -0.4 is 15.0 Å². The average Bonchev–Trinajstić information content (AvgIpc) is 3.00. The van der Waals surface area contributed by atoms with Crippen LogP contribution in [0, 0.1) is 17.2 Å². The summed E-state index contributed by atoms with van der Waals surface area (Å²) in [5.74, 6) is 0.855. The molecule has 10 heteroatoms. The number of ether oxygens (including phenoxy) is 2. The van der Waals surface area contributed by atoms with Gasteiger partial charge in [0.1, 0.15) is 18.4 Å². The van der Waals surface area contributed by atoms with Gasteiger partial charge in [0.2, 0.25) is 11.9 Å². The Kier molecular flexibility index (Phi) is 8.51. The summed E-state index contributed by atoms with van der Waals surface area (Å²) in [6, 6.07) is 17.6. The van der Waals surface area contributed by atoms with Crippen LogP contribution in [-0.2, 0) is 9.53 Å². The van der Waals surface area contributed by atoms with Crippen LogP contribution in [0.4, 0.5) is 17.3 Å². The highest BCUT2D eigenvalue weighted by Crippen LogP contribution is 2.28. The largest absolute Gasteiger partial charge is 0.492 e. The van der Waals surface area contributed by atoms with Crippen LogP contribution in [0.3, 0.4) is 0 Å². The molecule has 0 aliphatic carbocycles. The molecule has 2 N–H and O–H groups in total. The van der Waals surface area contributed by atoms with Crippen LogP contribution in [0.5, 0.6) is 5.75 Å². The Hall–Kier alpha value is -4.20. The van der Waals surface area contributed by atoms with Gasteiger partial charge in [-0.05, 0) is 61.4 Å². The Morgan fingerprint density at radius 2 is 1.97 bits per heavy atom. The van der Waals surface area contributed by atoms with E-state index in [2.05, 4.69) is 38.4 Å². The molecule has 2 fully saturated rings. The fraction of sp³-hybridized carbons (Fsp3) is 0.379. The quantitative estimate of drug-likeness (QED) is 0.454. The second kappa shape index (κ2) is 12.6. The van der Waals surface area contributed by atoms with Gasteiger partial charge in [0, 0.05) is 55.2 Å². The molecule has 2 aromatic carbocycles. The molecule has 3 aromatic rings. The maximum atomic E-state index is 11.8. The number of amides is 1. The molecule has 0 saturated carbocycles. The van der Waals surface area contributed by atoms with E-state index in [0.29, 0.717) is 42.7 Å². The predicted molar refractivity (Wildman–Crippen MR) is 147 cm³/mol. The molecule has 2 aliphatic heterocycles. The number of rotatable bonds is 8. The minimum absolute atomic E-state index is 0.152. The zero-order chi connectivity index (χ0) is 27.0. The Labute approximate surface area is 227 Å². The van der Waals surface area contributed by atoms with Crippen LogP contribution in [0.25, 0.3) is 11.3 Å². The van der Waals surface area contributed by atoms with Gasteiger partial charge >= 0.3 is 0 Å². The van der Waals surface area contributed by atoms with Gasteiger partial charge in [-0.15, -0.1) is 0 Å². The highest BCUT2D eigenvalue weighted by molar-refractivity contribution is 5.77. The molecule has 5 rings (SSSR count). The van der Waals surface area contributed by atoms with Crippen LogP contribution in [0.1, 0.15) is 18.4 Å². The third-order valence-electron chi connectivity index (χ3n) is 7.03. The van der Waals surface area contributed by atoms with Crippen molar-refractivity contribution in [3.8, 4) is 23.1 Å². The van der Waals surface area contributed by atoms with E-state index in [9.17, 15) is 10.1 Å². The van der Waals surface area contributed by atoms with Crippen molar-refractivity contribution in [1.82, 2.24) is 14.9 Å². The van der Waals surface area contributed by atoms with E-state index in [1.54, 1.807) is 29.3 Å². The zero-order valence-electron chi connectivity index (χ0n) is 21.8. The molecule has 10 nitrogen and oxygen atoms in total. The monoisotopic (exact) mass is 528 g/mol. The van der Waals surface area contributed by atoms with E-state index >= 15 is 0 Å². The number of carbonyl (C=O) groups is 1. The summed E-state index contributed by atoms with van der Waals surface area (Å²) >= 11 is 0. The van der Waals surface area contributed by atoms with Gasteiger partial charge in [0.15, 0.2) is 0 Å². The topological polar surface area (TPSA) is 124 Å². The second-order valence-electron chi connectivity index (χ2n) is 9.68. The summed E-state index contributed by atoms with van der Waals surface area (Å²) in [4.78, 5) is 24.8. The highest BCUT2D eigenvalue weighted by atomic mass is 16.5. The van der Waals surface area contributed by atoms with Crippen molar-refractivity contribution in [3.05, 3.63) is 60.3 Å². The number of aliphatic hydroxyl groups is 1. The summed E-state index contributed by atoms with van der Waals surface area (Å²) in [7, 11) is 0. The number of piperidine rings is 1. The first-order valence-electron chi connectivity index (χ1n) is 13.2. The lowest BCUT2D eigenvalue weighted by atomic mass is 9.99. The number of benzene rings is 2. The third-order valence-corrected chi connectivity index (χ3v) is 7.03. The molecule has 39 heavy (non-hydrogen) atoms. The van der Waals surface area contributed by atoms with E-state index in [1.165, 1.54) is 0 Å². The van der Waals surface area contributed by atoms with E-state index in [-0.39, 0.29) is 11.8 Å². The van der Waals surface area contributed by atoms with Crippen molar-refractivity contribution in [3.63, 3.8) is 0 Å². The maximum Gasteiger partial charge on any atom is 0.248 e. The van der Waals surface area contributed by atoms with Crippen molar-refractivity contribution in [2.75, 3.05) is 62.8 Å². The van der Waals surface area contributed by atoms with E-state index in [0.717, 1.165) is 56.1 Å². The number of anilines is 3. The number of hydrogen-bond donors (Lipinski definition) is 2. The number of carbonyl (C=O) groups excluding carboxylic acids is 1. The zero-order valence-corrected chi connectivity index (χ0v) is 21.8. The van der Waals surface area contributed by atoms with Crippen molar-refractivity contribution in [1.29, 1.82) is 5.26 Å². The molecule has 1 atom stereocenters. The minimum Gasteiger partial charge on any atom is -0.492 e. The molecule has 0 spiro atoms. The number of nitrogens with zero attached hydrogens (tertiary/aromatic N) is 5. The average molecular weight is 529 g/mol. The molecular weight excluding hydrogens is 496 g/mol. The normalized spacial score (nSPS) is 17.4. The Morgan fingerprint density at radius 3 is 2.74 bits per heavy atom. The number of morpholine rings is 1. The lowest BCUT2D eigenvalue weighted by Gasteiger charge is -2.32. The minimum atomic E-state index is -0.477. The van der Waals surface area contributed by atoms with Gasteiger partial charge in [0.25, 0.3) is 0 Å². The Morgan fingerprint density at radius 1 is 1.15 bits per heavy atom. The number of aliphatic hydroxyl groups excluding tert-OH is 1. The number of aromatic nitrogens is 2. The summed E-state index contributed by atoms with van der Waals surface area (Å²) in [5, 5.41) is 22.2. The van der Waals surface area contributed by atoms with E-state index < -0.39 is 6.61 Å². The van der Waals surface area contributed by atoms with Crippen LogP contribution >= 0.6 is 0 Å². The van der Waals surface area contributed by atoms with Gasteiger partial charge in [-0.25, -0.2) is 9.97 Å². The number of likely N-dealkylation sites (tertiary alicyclic amines) is 1. The van der Waals surface area contributed by atoms with E-state index in [1.807, 2.05) is 18.2 Å². The lowest BCUT2D eigenvalue weighted by molar-refractivity contribution is -0.136. The molecule has 1 unspecified atom stereocenters. The fourth-order valence-electron chi connectivity index (χ4n) is 4.92. The first kappa shape index (κ1) is 26.4. The van der Waals surface area contributed by atoms with Gasteiger partial charge in [-0.2, -0.15) is 5.26 Å². The molecule has 2 saturated heterocycles. The fourth-order valence-corrected chi connectivity index (χ4v) is 4.92. The van der Waals surface area contributed by atoms with Crippen LogP contribution in [0.2, 0.25) is 0 Å². The summed E-state index contributed by atoms with van der Waals surface area (Å²) in [6.45, 7) is 4.39. The molecule has 1 aromatic heterocycles. The molecule has 202 valence electrons. The first-order chi connectivity index (χ1) is 19.1. The van der Waals surface area contributed by atoms with Crippen molar-refractivity contribution in [2.24, 2.45) is 5.92 Å². The summed E-state index contributed by atoms with van der Waals surface area (Å²) < 4.78 is 11.4. The highest BCUT2D eigenvalue weighted by Gasteiger charge is 2.24. The standard InChI is InChI=1S/C29H32N6O4/c30-17-23-16-22(3-8-27(23)39-20-21-2-1-11-35(18-21)28(37)19-36)26-9-10-31-29(33-26)32-24-4-6-25(7-5-24)34-12-14-38-15-13-34/h3-10,16,21,36H,1-2,11-15,18-20H2,(H,31,32,33). The van der Waals surface area contributed by atoms with Gasteiger partial charge in [-0.1, -0.05) is 0 Å². The van der Waals surface area contributed by atoms with Crippen LogP contribution in [-0.4, -0.2) is 78.5 Å². The van der Waals surface area contributed by atoms with Crippen molar-refractivity contribution in [2.45, 2.75) is 12.8 Å². The number of nitriles is 1. The molecule has 2 aliphatic rings. The van der Waals surface area contributed by atoms with Gasteiger partial charge in [-0.3, -0.25) is 4.79 Å². The molecule has 0 radical (unpaired) electrons. The predicted octanol–water partition coefficient (Wildman–Crippen LogP) is 3.21. The molecule has 1 amide bonds. The van der Waals surface area contributed by atoms with Crippen molar-refractivity contribution < 1.29 is 19.4 Å². The molecular formula is C29H32N6O4. The van der Waals surface area contributed by atoms with Crippen molar-refractivity contribution >= 4 is 23.2 Å². The van der Waals surface area contributed by atoms with Gasteiger partial charge < -0.3 is 29.7 Å². The lowest BCUT2D eigenvalue weighted by Crippen LogP contribution is -2.42. The number of nitrogens with one attached hydrogen (secondary N) is 1. The second-order valence-corrected chi connectivity index (χ2v) is 9.68. The smallest absolute Gasteiger partial charge is 0.248 e. The van der Waals surface area contributed by atoms with E-state index in [4.69, 9.17) is 14.6 Å². The summed E-state index contributed by atoms with van der Waals surface area (Å²) in [5.41, 5.74) is 3.92. The molecule has 0 bridgehead atoms.